The van der Waals surface area contributed by atoms with Crippen LogP contribution in [0.3, 0.4) is 0 Å². The molecule has 1 atom stereocenters. The fourth-order valence-corrected chi connectivity index (χ4v) is 4.32. The van der Waals surface area contributed by atoms with Gasteiger partial charge in [0, 0.05) is 45.6 Å². The maximum Gasteiger partial charge on any atom is 0.415 e. The predicted octanol–water partition coefficient (Wildman–Crippen LogP) is 3.02. The minimum absolute atomic E-state index is 0.124. The molecule has 2 N–H and O–H groups in total. The summed E-state index contributed by atoms with van der Waals surface area (Å²) in [4.78, 5) is 51.2. The number of ether oxygens (including phenoxy) is 2. The van der Waals surface area contributed by atoms with Gasteiger partial charge < -0.3 is 34.6 Å². The number of benzene rings is 1. The smallest absolute Gasteiger partial charge is 0.415 e. The molecule has 1 unspecified atom stereocenters. The molecule has 2 aromatic rings. The van der Waals surface area contributed by atoms with E-state index >= 15 is 0 Å². The van der Waals surface area contributed by atoms with E-state index in [0.29, 0.717) is 62.3 Å². The normalized spacial score (nSPS) is 14.1. The molecule has 1 aliphatic heterocycles. The molecule has 0 bridgehead atoms. The van der Waals surface area contributed by atoms with Gasteiger partial charge in [-0.2, -0.15) is 4.98 Å². The molecular formula is C27H38N6O6. The van der Waals surface area contributed by atoms with E-state index < -0.39 is 18.1 Å². The number of carbonyl (C=O) groups excluding carboxylic acids is 2. The first kappa shape index (κ1) is 29.6. The number of rotatable bonds is 11. The van der Waals surface area contributed by atoms with E-state index in [0.717, 1.165) is 0 Å². The van der Waals surface area contributed by atoms with Crippen molar-refractivity contribution < 1.29 is 29.0 Å². The second-order valence-corrected chi connectivity index (χ2v) is 9.41. The van der Waals surface area contributed by atoms with Crippen molar-refractivity contribution in [1.29, 1.82) is 0 Å². The number of hydrogen-bond acceptors (Lipinski definition) is 9. The number of amides is 2. The number of carboxylic acids is 1. The zero-order chi connectivity index (χ0) is 28.5. The van der Waals surface area contributed by atoms with E-state index in [4.69, 9.17) is 9.47 Å². The summed E-state index contributed by atoms with van der Waals surface area (Å²) in [6.07, 6.45) is 1.23. The molecule has 1 aliphatic rings. The molecule has 0 aliphatic carbocycles. The van der Waals surface area contributed by atoms with E-state index in [1.54, 1.807) is 35.4 Å². The maximum absolute atomic E-state index is 12.5. The SMILES string of the molecule is CCN(CC)c1ncc(N(C(C)=O)C(C)C)c(NC(Cc2ccc(OC(=O)N3CCOCC3)cc2)C(=O)O)n1. The summed E-state index contributed by atoms with van der Waals surface area (Å²) in [7, 11) is 0. The Morgan fingerprint density at radius 3 is 2.31 bits per heavy atom. The zero-order valence-corrected chi connectivity index (χ0v) is 23.2. The summed E-state index contributed by atoms with van der Waals surface area (Å²) < 4.78 is 10.7. The molecule has 1 fully saturated rings. The van der Waals surface area contributed by atoms with E-state index in [-0.39, 0.29) is 24.2 Å². The van der Waals surface area contributed by atoms with E-state index in [1.165, 1.54) is 11.8 Å². The lowest BCUT2D eigenvalue weighted by Crippen LogP contribution is -2.42. The fourth-order valence-electron chi connectivity index (χ4n) is 4.32. The molecule has 2 amide bonds. The first-order chi connectivity index (χ1) is 18.6. The summed E-state index contributed by atoms with van der Waals surface area (Å²) in [6.45, 7) is 12.4. The van der Waals surface area contributed by atoms with Crippen LogP contribution in [-0.2, 0) is 20.7 Å². The second-order valence-electron chi connectivity index (χ2n) is 9.41. The van der Waals surface area contributed by atoms with Crippen molar-refractivity contribution >= 4 is 35.4 Å². The van der Waals surface area contributed by atoms with Gasteiger partial charge in [0.15, 0.2) is 5.82 Å². The standard InChI is InChI=1S/C27H38N6O6/c1-6-31(7-2)26-28-17-23(33(18(3)4)19(5)34)24(30-26)29-22(25(35)36)16-20-8-10-21(11-9-20)39-27(37)32-12-14-38-15-13-32/h8-11,17-18,22H,6-7,12-16H2,1-5H3,(H,35,36)(H,28,29,30). The first-order valence-electron chi connectivity index (χ1n) is 13.2. The third-order valence-corrected chi connectivity index (χ3v) is 6.36. The van der Waals surface area contributed by atoms with Crippen molar-refractivity contribution in [2.24, 2.45) is 0 Å². The minimum atomic E-state index is -1.08. The van der Waals surface area contributed by atoms with Crippen LogP contribution < -0.4 is 19.9 Å². The molecule has 1 saturated heterocycles. The van der Waals surface area contributed by atoms with E-state index in [2.05, 4.69) is 15.3 Å². The van der Waals surface area contributed by atoms with Crippen LogP contribution in [0.1, 0.15) is 40.2 Å². The Kier molecular flexibility index (Phi) is 10.4. The predicted molar refractivity (Wildman–Crippen MR) is 147 cm³/mol. The highest BCUT2D eigenvalue weighted by Crippen LogP contribution is 2.29. The van der Waals surface area contributed by atoms with Gasteiger partial charge in [-0.05, 0) is 45.4 Å². The molecule has 3 rings (SSSR count). The summed E-state index contributed by atoms with van der Waals surface area (Å²) >= 11 is 0. The maximum atomic E-state index is 12.5. The average molecular weight is 543 g/mol. The van der Waals surface area contributed by atoms with Crippen LogP contribution in [0, 0.1) is 0 Å². The highest BCUT2D eigenvalue weighted by molar-refractivity contribution is 5.95. The summed E-state index contributed by atoms with van der Waals surface area (Å²) in [6, 6.07) is 5.47. The number of hydrogen-bond donors (Lipinski definition) is 2. The highest BCUT2D eigenvalue weighted by atomic mass is 16.6. The zero-order valence-electron chi connectivity index (χ0n) is 23.2. The Hall–Kier alpha value is -3.93. The third kappa shape index (κ3) is 7.79. The topological polar surface area (TPSA) is 137 Å². The molecular weight excluding hydrogens is 504 g/mol. The Labute approximate surface area is 228 Å². The highest BCUT2D eigenvalue weighted by Gasteiger charge is 2.26. The van der Waals surface area contributed by atoms with Gasteiger partial charge in [0.05, 0.1) is 19.4 Å². The fraction of sp³-hybridized carbons (Fsp3) is 0.519. The van der Waals surface area contributed by atoms with Gasteiger partial charge in [-0.25, -0.2) is 14.6 Å². The van der Waals surface area contributed by atoms with Crippen molar-refractivity contribution in [2.75, 3.05) is 54.5 Å². The molecule has 0 spiro atoms. The van der Waals surface area contributed by atoms with Crippen molar-refractivity contribution in [2.45, 2.75) is 53.1 Å². The Morgan fingerprint density at radius 2 is 1.77 bits per heavy atom. The van der Waals surface area contributed by atoms with E-state index in [1.807, 2.05) is 32.6 Å². The number of carboxylic acid groups (broad SMARTS) is 1. The third-order valence-electron chi connectivity index (χ3n) is 6.36. The van der Waals surface area contributed by atoms with Gasteiger partial charge in [-0.15, -0.1) is 0 Å². The van der Waals surface area contributed by atoms with Gasteiger partial charge in [0.1, 0.15) is 17.5 Å². The minimum Gasteiger partial charge on any atom is -0.480 e. The van der Waals surface area contributed by atoms with Crippen LogP contribution in [0.25, 0.3) is 0 Å². The molecule has 0 saturated carbocycles. The van der Waals surface area contributed by atoms with Crippen LogP contribution in [0.4, 0.5) is 22.2 Å². The lowest BCUT2D eigenvalue weighted by Gasteiger charge is -2.29. The van der Waals surface area contributed by atoms with Crippen LogP contribution >= 0.6 is 0 Å². The lowest BCUT2D eigenvalue weighted by molar-refractivity contribution is -0.137. The van der Waals surface area contributed by atoms with Gasteiger partial charge >= 0.3 is 12.1 Å². The van der Waals surface area contributed by atoms with E-state index in [9.17, 15) is 19.5 Å². The lowest BCUT2D eigenvalue weighted by atomic mass is 10.1. The number of aromatic nitrogens is 2. The van der Waals surface area contributed by atoms with Crippen LogP contribution in [0.5, 0.6) is 5.75 Å². The van der Waals surface area contributed by atoms with Crippen molar-refractivity contribution in [3.63, 3.8) is 0 Å². The molecule has 212 valence electrons. The summed E-state index contributed by atoms with van der Waals surface area (Å²) in [5, 5.41) is 13.1. The molecule has 0 radical (unpaired) electrons. The Balaban J connectivity index is 1.82. The van der Waals surface area contributed by atoms with Crippen molar-refractivity contribution in [3.05, 3.63) is 36.0 Å². The molecule has 12 heteroatoms. The average Bonchev–Trinajstić information content (AvgIpc) is 2.91. The number of nitrogens with one attached hydrogen (secondary N) is 1. The molecule has 39 heavy (non-hydrogen) atoms. The number of carbonyl (C=O) groups is 3. The van der Waals surface area contributed by atoms with Crippen molar-refractivity contribution in [3.8, 4) is 5.75 Å². The quantitative estimate of drug-likeness (QED) is 0.436. The number of anilines is 3. The van der Waals surface area contributed by atoms with Crippen molar-refractivity contribution in [1.82, 2.24) is 14.9 Å². The van der Waals surface area contributed by atoms with Gasteiger partial charge in [0.2, 0.25) is 11.9 Å². The summed E-state index contributed by atoms with van der Waals surface area (Å²) in [5.74, 6) is -0.216. The van der Waals surface area contributed by atoms with Crippen LogP contribution in [-0.4, -0.2) is 89.4 Å². The van der Waals surface area contributed by atoms with Gasteiger partial charge in [-0.3, -0.25) is 4.79 Å². The monoisotopic (exact) mass is 542 g/mol. The number of morpholine rings is 1. The number of aliphatic carboxylic acids is 1. The Morgan fingerprint density at radius 1 is 1.13 bits per heavy atom. The molecule has 2 heterocycles. The van der Waals surface area contributed by atoms with Gasteiger partial charge in [-0.1, -0.05) is 12.1 Å². The molecule has 1 aromatic heterocycles. The Bertz CT molecular complexity index is 1130. The number of nitrogens with zero attached hydrogens (tertiary/aromatic N) is 5. The molecule has 12 nitrogen and oxygen atoms in total. The first-order valence-corrected chi connectivity index (χ1v) is 13.2. The van der Waals surface area contributed by atoms with Gasteiger partial charge in [0.25, 0.3) is 0 Å². The second kappa shape index (κ2) is 13.7. The molecule has 1 aromatic carbocycles. The van der Waals surface area contributed by atoms with Crippen LogP contribution in [0.2, 0.25) is 0 Å². The largest absolute Gasteiger partial charge is 0.480 e. The van der Waals surface area contributed by atoms with Crippen LogP contribution in [0.15, 0.2) is 30.5 Å². The summed E-state index contributed by atoms with van der Waals surface area (Å²) in [5.41, 5.74) is 1.12.